The lowest BCUT2D eigenvalue weighted by Gasteiger charge is -2.19. The Bertz CT molecular complexity index is 856. The summed E-state index contributed by atoms with van der Waals surface area (Å²) in [5.41, 5.74) is 1.89. The number of carbonyl (C=O) groups is 2. The standard InChI is InChI=1S/C23H27NO5/c1-15(24-22(25)13-16-7-9-17(10-8-16)23(26)27)18-11-12-20(21(14-18)28-2)29-19-5-3-4-6-19/h7-12,14-15,19H,3-6,13H2,1-2H3,(H,24,25)(H,26,27). The average Bonchev–Trinajstić information content (AvgIpc) is 3.21. The van der Waals surface area contributed by atoms with Crippen LogP contribution in [-0.4, -0.2) is 30.2 Å². The molecule has 0 aliphatic heterocycles. The van der Waals surface area contributed by atoms with Gasteiger partial charge in [0, 0.05) is 0 Å². The summed E-state index contributed by atoms with van der Waals surface area (Å²) < 4.78 is 11.6. The van der Waals surface area contributed by atoms with Gasteiger partial charge in [-0.1, -0.05) is 18.2 Å². The first-order valence-corrected chi connectivity index (χ1v) is 9.92. The molecule has 1 atom stereocenters. The number of hydrogen-bond donors (Lipinski definition) is 2. The summed E-state index contributed by atoms with van der Waals surface area (Å²) in [6.07, 6.45) is 4.99. The molecule has 1 saturated carbocycles. The fourth-order valence-electron chi connectivity index (χ4n) is 3.56. The van der Waals surface area contributed by atoms with Crippen LogP contribution in [0.1, 0.15) is 60.1 Å². The number of aromatic carboxylic acids is 1. The van der Waals surface area contributed by atoms with E-state index in [9.17, 15) is 9.59 Å². The van der Waals surface area contributed by atoms with E-state index in [1.807, 2.05) is 25.1 Å². The van der Waals surface area contributed by atoms with Crippen LogP contribution in [-0.2, 0) is 11.2 Å². The van der Waals surface area contributed by atoms with Gasteiger partial charge in [-0.05, 0) is 68.0 Å². The lowest BCUT2D eigenvalue weighted by atomic mass is 10.1. The van der Waals surface area contributed by atoms with E-state index in [1.54, 1.807) is 19.2 Å². The number of nitrogens with one attached hydrogen (secondary N) is 1. The lowest BCUT2D eigenvalue weighted by Crippen LogP contribution is -2.28. The summed E-state index contributed by atoms with van der Waals surface area (Å²) in [6, 6.07) is 11.9. The van der Waals surface area contributed by atoms with Gasteiger partial charge in [0.2, 0.25) is 5.91 Å². The zero-order valence-electron chi connectivity index (χ0n) is 16.8. The number of amides is 1. The summed E-state index contributed by atoms with van der Waals surface area (Å²) >= 11 is 0. The minimum absolute atomic E-state index is 0.133. The molecule has 1 fully saturated rings. The zero-order chi connectivity index (χ0) is 20.8. The average molecular weight is 397 g/mol. The number of hydrogen-bond acceptors (Lipinski definition) is 4. The van der Waals surface area contributed by atoms with Crippen molar-refractivity contribution in [3.63, 3.8) is 0 Å². The molecule has 0 bridgehead atoms. The Balaban J connectivity index is 1.60. The van der Waals surface area contributed by atoms with Crippen molar-refractivity contribution in [2.24, 2.45) is 0 Å². The number of rotatable bonds is 8. The van der Waals surface area contributed by atoms with Gasteiger partial charge in [0.15, 0.2) is 11.5 Å². The molecule has 0 aromatic heterocycles. The first-order valence-electron chi connectivity index (χ1n) is 9.92. The minimum Gasteiger partial charge on any atom is -0.493 e. The van der Waals surface area contributed by atoms with Gasteiger partial charge in [0.25, 0.3) is 0 Å². The number of methoxy groups -OCH3 is 1. The van der Waals surface area contributed by atoms with Crippen molar-refractivity contribution in [1.82, 2.24) is 5.32 Å². The number of benzene rings is 2. The molecule has 0 radical (unpaired) electrons. The third kappa shape index (κ3) is 5.50. The molecular weight excluding hydrogens is 370 g/mol. The van der Waals surface area contributed by atoms with Gasteiger partial charge in [-0.15, -0.1) is 0 Å². The topological polar surface area (TPSA) is 84.9 Å². The predicted molar refractivity (Wildman–Crippen MR) is 110 cm³/mol. The highest BCUT2D eigenvalue weighted by Crippen LogP contribution is 2.33. The van der Waals surface area contributed by atoms with Crippen molar-refractivity contribution in [2.75, 3.05) is 7.11 Å². The Kier molecular flexibility index (Phi) is 6.75. The third-order valence-electron chi connectivity index (χ3n) is 5.23. The van der Waals surface area contributed by atoms with Crippen molar-refractivity contribution in [2.45, 2.75) is 51.2 Å². The Morgan fingerprint density at radius 2 is 1.79 bits per heavy atom. The molecule has 0 spiro atoms. The van der Waals surface area contributed by atoms with E-state index in [0.29, 0.717) is 5.75 Å². The first kappa shape index (κ1) is 20.7. The normalized spacial score (nSPS) is 15.0. The fourth-order valence-corrected chi connectivity index (χ4v) is 3.56. The second kappa shape index (κ2) is 9.45. The van der Waals surface area contributed by atoms with Gasteiger partial charge in [-0.2, -0.15) is 0 Å². The molecule has 29 heavy (non-hydrogen) atoms. The Morgan fingerprint density at radius 3 is 2.41 bits per heavy atom. The number of ether oxygens (including phenoxy) is 2. The summed E-state index contributed by atoms with van der Waals surface area (Å²) in [7, 11) is 1.62. The summed E-state index contributed by atoms with van der Waals surface area (Å²) in [5, 5.41) is 11.9. The van der Waals surface area contributed by atoms with E-state index < -0.39 is 5.97 Å². The van der Waals surface area contributed by atoms with Crippen molar-refractivity contribution in [3.8, 4) is 11.5 Å². The Labute approximate surface area is 170 Å². The highest BCUT2D eigenvalue weighted by Gasteiger charge is 2.19. The van der Waals surface area contributed by atoms with Crippen LogP contribution in [0.2, 0.25) is 0 Å². The van der Waals surface area contributed by atoms with Crippen LogP contribution < -0.4 is 14.8 Å². The van der Waals surface area contributed by atoms with Gasteiger partial charge in [-0.3, -0.25) is 4.79 Å². The number of carboxylic acids is 1. The lowest BCUT2D eigenvalue weighted by molar-refractivity contribution is -0.121. The van der Waals surface area contributed by atoms with E-state index >= 15 is 0 Å². The van der Waals surface area contributed by atoms with Crippen LogP contribution in [0.5, 0.6) is 11.5 Å². The van der Waals surface area contributed by atoms with Gasteiger partial charge < -0.3 is 19.9 Å². The van der Waals surface area contributed by atoms with Crippen LogP contribution in [0.3, 0.4) is 0 Å². The maximum Gasteiger partial charge on any atom is 0.335 e. The molecule has 0 heterocycles. The second-order valence-electron chi connectivity index (χ2n) is 7.40. The molecule has 0 saturated heterocycles. The van der Waals surface area contributed by atoms with Crippen molar-refractivity contribution in [3.05, 3.63) is 59.2 Å². The number of carbonyl (C=O) groups excluding carboxylic acids is 1. The molecule has 6 nitrogen and oxygen atoms in total. The van der Waals surface area contributed by atoms with Gasteiger partial charge in [0.1, 0.15) is 0 Å². The molecule has 6 heteroatoms. The quantitative estimate of drug-likeness (QED) is 0.699. The van der Waals surface area contributed by atoms with Crippen LogP contribution in [0.25, 0.3) is 0 Å². The van der Waals surface area contributed by atoms with Gasteiger partial charge >= 0.3 is 5.97 Å². The van der Waals surface area contributed by atoms with E-state index in [4.69, 9.17) is 14.6 Å². The predicted octanol–water partition coefficient (Wildman–Crippen LogP) is 4.13. The SMILES string of the molecule is COc1cc(C(C)NC(=O)Cc2ccc(C(=O)O)cc2)ccc1OC1CCCC1. The highest BCUT2D eigenvalue weighted by atomic mass is 16.5. The summed E-state index contributed by atoms with van der Waals surface area (Å²) in [5.74, 6) is 0.287. The first-order chi connectivity index (χ1) is 14.0. The number of carboxylic acid groups (broad SMARTS) is 1. The zero-order valence-corrected chi connectivity index (χ0v) is 16.8. The van der Waals surface area contributed by atoms with E-state index in [0.717, 1.165) is 29.7 Å². The monoisotopic (exact) mass is 397 g/mol. The summed E-state index contributed by atoms with van der Waals surface area (Å²) in [4.78, 5) is 23.3. The largest absolute Gasteiger partial charge is 0.493 e. The van der Waals surface area contributed by atoms with Crippen LogP contribution in [0.4, 0.5) is 0 Å². The second-order valence-corrected chi connectivity index (χ2v) is 7.40. The van der Waals surface area contributed by atoms with E-state index in [1.165, 1.54) is 25.0 Å². The Morgan fingerprint density at radius 1 is 1.10 bits per heavy atom. The van der Waals surface area contributed by atoms with Crippen LogP contribution in [0, 0.1) is 0 Å². The molecule has 3 rings (SSSR count). The summed E-state index contributed by atoms with van der Waals surface area (Å²) in [6.45, 7) is 1.91. The van der Waals surface area contributed by atoms with E-state index in [2.05, 4.69) is 5.32 Å². The molecule has 1 unspecified atom stereocenters. The molecule has 1 amide bonds. The Hall–Kier alpha value is -3.02. The molecule has 2 aromatic rings. The minimum atomic E-state index is -0.982. The fraction of sp³-hybridized carbons (Fsp3) is 0.391. The van der Waals surface area contributed by atoms with Gasteiger partial charge in [-0.25, -0.2) is 4.79 Å². The van der Waals surface area contributed by atoms with E-state index in [-0.39, 0.29) is 30.0 Å². The maximum absolute atomic E-state index is 12.4. The molecule has 154 valence electrons. The molecule has 2 N–H and O–H groups in total. The molecule has 1 aliphatic rings. The highest BCUT2D eigenvalue weighted by molar-refractivity contribution is 5.87. The third-order valence-corrected chi connectivity index (χ3v) is 5.23. The van der Waals surface area contributed by atoms with Crippen LogP contribution >= 0.6 is 0 Å². The van der Waals surface area contributed by atoms with Crippen molar-refractivity contribution in [1.29, 1.82) is 0 Å². The molecule has 1 aliphatic carbocycles. The maximum atomic E-state index is 12.4. The van der Waals surface area contributed by atoms with Gasteiger partial charge in [0.05, 0.1) is 31.2 Å². The molecule has 2 aromatic carbocycles. The van der Waals surface area contributed by atoms with Crippen molar-refractivity contribution < 1.29 is 24.2 Å². The van der Waals surface area contributed by atoms with Crippen molar-refractivity contribution >= 4 is 11.9 Å². The molecular formula is C23H27NO5. The van der Waals surface area contributed by atoms with Crippen LogP contribution in [0.15, 0.2) is 42.5 Å². The smallest absolute Gasteiger partial charge is 0.335 e.